The quantitative estimate of drug-likeness (QED) is 0.793. The Morgan fingerprint density at radius 3 is 2.20 bits per heavy atom. The highest BCUT2D eigenvalue weighted by Gasteiger charge is 2.46. The fraction of sp³-hybridized carbons (Fsp3) is 0.625. The van der Waals surface area contributed by atoms with Gasteiger partial charge in [0, 0.05) is 11.1 Å². The number of benzene rings is 1. The van der Waals surface area contributed by atoms with E-state index in [1.54, 1.807) is 0 Å². The maximum atomic E-state index is 12.2. The summed E-state index contributed by atoms with van der Waals surface area (Å²) in [6, 6.07) is 9.60. The summed E-state index contributed by atoms with van der Waals surface area (Å²) in [6.07, 6.45) is 1.49. The Labute approximate surface area is 121 Å². The molecule has 4 heteroatoms. The molecular formula is C16H24NO3. The molecule has 1 aromatic rings. The molecule has 111 valence electrons. The van der Waals surface area contributed by atoms with Crippen LogP contribution in [0.2, 0.25) is 0 Å². The van der Waals surface area contributed by atoms with Crippen LogP contribution in [0.15, 0.2) is 30.3 Å². The van der Waals surface area contributed by atoms with E-state index in [1.807, 2.05) is 58.0 Å². The van der Waals surface area contributed by atoms with Crippen molar-refractivity contribution in [2.24, 2.45) is 0 Å². The van der Waals surface area contributed by atoms with Gasteiger partial charge in [-0.15, -0.1) is 10.3 Å². The van der Waals surface area contributed by atoms with Crippen molar-refractivity contribution < 1.29 is 14.7 Å². The maximum absolute atomic E-state index is 12.2. The first-order valence-electron chi connectivity index (χ1n) is 7.08. The number of hydrogen-bond donors (Lipinski definition) is 0. The van der Waals surface area contributed by atoms with Gasteiger partial charge in [0.1, 0.15) is 5.75 Å². The highest BCUT2D eigenvalue weighted by Crippen LogP contribution is 2.38. The summed E-state index contributed by atoms with van der Waals surface area (Å²) in [7, 11) is 0. The molecule has 0 spiro atoms. The van der Waals surface area contributed by atoms with Crippen LogP contribution in [0.3, 0.4) is 0 Å². The molecule has 2 rings (SSSR count). The van der Waals surface area contributed by atoms with Crippen molar-refractivity contribution in [3.63, 3.8) is 0 Å². The van der Waals surface area contributed by atoms with E-state index < -0.39 is 11.1 Å². The van der Waals surface area contributed by atoms with Crippen molar-refractivity contribution in [3.05, 3.63) is 30.3 Å². The zero-order chi connectivity index (χ0) is 14.8. The summed E-state index contributed by atoms with van der Waals surface area (Å²) >= 11 is 0. The van der Waals surface area contributed by atoms with Gasteiger partial charge in [-0.25, -0.2) is 0 Å². The first kappa shape index (κ1) is 15.3. The van der Waals surface area contributed by atoms with Gasteiger partial charge in [-0.1, -0.05) is 18.2 Å². The van der Waals surface area contributed by atoms with Crippen molar-refractivity contribution in [1.82, 2.24) is 5.06 Å². The largest absolute Gasteiger partial charge is 0.468 e. The van der Waals surface area contributed by atoms with Crippen molar-refractivity contribution in [3.8, 4) is 5.75 Å². The Morgan fingerprint density at radius 1 is 1.10 bits per heavy atom. The van der Waals surface area contributed by atoms with E-state index in [2.05, 4.69) is 0 Å². The zero-order valence-corrected chi connectivity index (χ0v) is 12.8. The highest BCUT2D eigenvalue weighted by molar-refractivity contribution is 5.20. The molecule has 1 aliphatic rings. The van der Waals surface area contributed by atoms with Gasteiger partial charge in [0.15, 0.2) is 6.79 Å². The Morgan fingerprint density at radius 2 is 1.65 bits per heavy atom. The van der Waals surface area contributed by atoms with Crippen LogP contribution in [0, 0.1) is 0 Å². The first-order chi connectivity index (χ1) is 9.31. The molecule has 1 saturated heterocycles. The first-order valence-corrected chi connectivity index (χ1v) is 7.08. The van der Waals surface area contributed by atoms with Crippen LogP contribution in [0.25, 0.3) is 0 Å². The van der Waals surface area contributed by atoms with E-state index in [1.165, 1.54) is 5.06 Å². The summed E-state index contributed by atoms with van der Waals surface area (Å²) in [6.45, 7) is 8.09. The molecule has 0 N–H and O–H groups in total. The SMILES string of the molecule is CC1(C)CC(OCOc2ccccc2)CC(C)(C)N1[O]. The van der Waals surface area contributed by atoms with Gasteiger partial charge in [0.25, 0.3) is 0 Å². The molecule has 0 aromatic heterocycles. The summed E-state index contributed by atoms with van der Waals surface area (Å²) < 4.78 is 11.4. The standard InChI is InChI=1S/C16H24NO3/c1-15(2)10-14(11-16(3,4)17(15)18)20-12-19-13-8-6-5-7-9-13/h5-9,14H,10-12H2,1-4H3. The molecule has 0 saturated carbocycles. The van der Waals surface area contributed by atoms with E-state index in [-0.39, 0.29) is 12.9 Å². The van der Waals surface area contributed by atoms with Crippen LogP contribution in [-0.2, 0) is 9.94 Å². The summed E-state index contributed by atoms with van der Waals surface area (Å²) in [5.41, 5.74) is -0.807. The van der Waals surface area contributed by atoms with Crippen LogP contribution < -0.4 is 4.74 Å². The third-order valence-corrected chi connectivity index (χ3v) is 3.83. The molecule has 1 aromatic carbocycles. The van der Waals surface area contributed by atoms with Crippen LogP contribution in [0.4, 0.5) is 0 Å². The van der Waals surface area contributed by atoms with Gasteiger partial charge in [0.05, 0.1) is 6.10 Å². The maximum Gasteiger partial charge on any atom is 0.189 e. The smallest absolute Gasteiger partial charge is 0.189 e. The molecule has 4 nitrogen and oxygen atoms in total. The molecule has 1 fully saturated rings. The van der Waals surface area contributed by atoms with Gasteiger partial charge in [0.2, 0.25) is 0 Å². The second-order valence-corrected chi connectivity index (χ2v) is 6.69. The fourth-order valence-corrected chi connectivity index (χ4v) is 3.00. The van der Waals surface area contributed by atoms with E-state index in [4.69, 9.17) is 9.47 Å². The zero-order valence-electron chi connectivity index (χ0n) is 12.8. The van der Waals surface area contributed by atoms with Gasteiger partial charge in [-0.3, -0.25) is 0 Å². The van der Waals surface area contributed by atoms with E-state index in [0.29, 0.717) is 0 Å². The second kappa shape index (κ2) is 5.72. The lowest BCUT2D eigenvalue weighted by Crippen LogP contribution is -2.60. The number of nitrogens with zero attached hydrogens (tertiary/aromatic N) is 1. The predicted molar refractivity (Wildman–Crippen MR) is 76.7 cm³/mol. The number of ether oxygens (including phenoxy) is 2. The topological polar surface area (TPSA) is 41.6 Å². The fourth-order valence-electron chi connectivity index (χ4n) is 3.00. The molecule has 1 aliphatic heterocycles. The molecular weight excluding hydrogens is 254 g/mol. The minimum absolute atomic E-state index is 0.0499. The lowest BCUT2D eigenvalue weighted by molar-refractivity contribution is -0.303. The minimum atomic E-state index is -0.404. The highest BCUT2D eigenvalue weighted by atomic mass is 16.7. The van der Waals surface area contributed by atoms with Crippen LogP contribution >= 0.6 is 0 Å². The van der Waals surface area contributed by atoms with Gasteiger partial charge in [-0.2, -0.15) is 0 Å². The average molecular weight is 278 g/mol. The molecule has 0 amide bonds. The number of para-hydroxylation sites is 1. The summed E-state index contributed by atoms with van der Waals surface area (Å²) in [5, 5.41) is 13.4. The Balaban J connectivity index is 1.87. The van der Waals surface area contributed by atoms with E-state index in [0.717, 1.165) is 18.6 Å². The van der Waals surface area contributed by atoms with Gasteiger partial charge >= 0.3 is 0 Å². The second-order valence-electron chi connectivity index (χ2n) is 6.69. The lowest BCUT2D eigenvalue weighted by atomic mass is 9.80. The number of rotatable bonds is 4. The number of hydrogen-bond acceptors (Lipinski definition) is 3. The van der Waals surface area contributed by atoms with Crippen molar-refractivity contribution in [2.45, 2.75) is 57.7 Å². The Hall–Kier alpha value is -1.10. The van der Waals surface area contributed by atoms with E-state index in [9.17, 15) is 5.21 Å². The minimum Gasteiger partial charge on any atom is -0.468 e. The van der Waals surface area contributed by atoms with Gasteiger partial charge in [-0.05, 0) is 52.7 Å². The molecule has 1 radical (unpaired) electrons. The van der Waals surface area contributed by atoms with Crippen LogP contribution in [0.1, 0.15) is 40.5 Å². The number of hydroxylamine groups is 2. The molecule has 0 bridgehead atoms. The third-order valence-electron chi connectivity index (χ3n) is 3.83. The summed E-state index contributed by atoms with van der Waals surface area (Å²) in [5.74, 6) is 0.798. The molecule has 20 heavy (non-hydrogen) atoms. The monoisotopic (exact) mass is 278 g/mol. The number of piperidine rings is 1. The van der Waals surface area contributed by atoms with Crippen molar-refractivity contribution >= 4 is 0 Å². The summed E-state index contributed by atoms with van der Waals surface area (Å²) in [4.78, 5) is 0. The molecule has 0 unspecified atom stereocenters. The Bertz CT molecular complexity index is 413. The van der Waals surface area contributed by atoms with Crippen LogP contribution in [-0.4, -0.2) is 29.0 Å². The third kappa shape index (κ3) is 3.51. The van der Waals surface area contributed by atoms with Gasteiger partial charge < -0.3 is 9.47 Å². The lowest BCUT2D eigenvalue weighted by Gasteiger charge is -2.49. The average Bonchev–Trinajstić information content (AvgIpc) is 2.36. The van der Waals surface area contributed by atoms with Crippen molar-refractivity contribution in [2.75, 3.05) is 6.79 Å². The predicted octanol–water partition coefficient (Wildman–Crippen LogP) is 3.41. The molecule has 0 atom stereocenters. The molecule has 1 heterocycles. The van der Waals surface area contributed by atoms with E-state index >= 15 is 0 Å². The molecule has 0 aliphatic carbocycles. The normalized spacial score (nSPS) is 22.6. The Kier molecular flexibility index (Phi) is 4.37. The van der Waals surface area contributed by atoms with Crippen LogP contribution in [0.5, 0.6) is 5.75 Å². The van der Waals surface area contributed by atoms with Crippen molar-refractivity contribution in [1.29, 1.82) is 0 Å².